The molecular formula is C13H17BrClN3O2. The molecule has 0 fully saturated rings. The predicted molar refractivity (Wildman–Crippen MR) is 84.0 cm³/mol. The highest BCUT2D eigenvalue weighted by molar-refractivity contribution is 9.10. The van der Waals surface area contributed by atoms with Crippen molar-refractivity contribution in [2.24, 2.45) is 0 Å². The lowest BCUT2D eigenvalue weighted by Gasteiger charge is -2.18. The molecule has 0 radical (unpaired) electrons. The standard InChI is InChI=1S/C13H17BrClN3O2/c1-17(2)13(20)8-18(3)7-12(19)16-11-5-4-9(14)6-10(11)15/h4-6H,7-8H2,1-3H3,(H,16,19). The van der Waals surface area contributed by atoms with E-state index in [1.54, 1.807) is 44.2 Å². The average molecular weight is 363 g/mol. The summed E-state index contributed by atoms with van der Waals surface area (Å²) in [6.07, 6.45) is 0. The summed E-state index contributed by atoms with van der Waals surface area (Å²) in [5.41, 5.74) is 0.548. The minimum atomic E-state index is -0.219. The maximum absolute atomic E-state index is 11.9. The molecule has 0 unspecified atom stereocenters. The predicted octanol–water partition coefficient (Wildman–Crippen LogP) is 2.06. The molecule has 110 valence electrons. The highest BCUT2D eigenvalue weighted by Gasteiger charge is 2.13. The second-order valence-electron chi connectivity index (χ2n) is 4.63. The Bertz CT molecular complexity index is 508. The van der Waals surface area contributed by atoms with Gasteiger partial charge in [0.15, 0.2) is 0 Å². The average Bonchev–Trinajstić information content (AvgIpc) is 2.32. The van der Waals surface area contributed by atoms with Crippen LogP contribution in [0.2, 0.25) is 5.02 Å². The molecule has 0 aliphatic heterocycles. The number of nitrogens with zero attached hydrogens (tertiary/aromatic N) is 2. The molecule has 0 atom stereocenters. The monoisotopic (exact) mass is 361 g/mol. The van der Waals surface area contributed by atoms with Gasteiger partial charge in [-0.3, -0.25) is 14.5 Å². The number of carbonyl (C=O) groups is 2. The van der Waals surface area contributed by atoms with Crippen LogP contribution >= 0.6 is 27.5 Å². The topological polar surface area (TPSA) is 52.7 Å². The molecule has 0 saturated carbocycles. The number of likely N-dealkylation sites (N-methyl/N-ethyl adjacent to an activating group) is 2. The number of nitrogens with one attached hydrogen (secondary N) is 1. The Balaban J connectivity index is 2.53. The van der Waals surface area contributed by atoms with Crippen LogP contribution in [0.5, 0.6) is 0 Å². The lowest BCUT2D eigenvalue weighted by Crippen LogP contribution is -2.38. The van der Waals surface area contributed by atoms with Crippen LogP contribution in [0.25, 0.3) is 0 Å². The number of anilines is 1. The van der Waals surface area contributed by atoms with Crippen molar-refractivity contribution >= 4 is 45.0 Å². The van der Waals surface area contributed by atoms with E-state index in [1.807, 2.05) is 0 Å². The van der Waals surface area contributed by atoms with Gasteiger partial charge in [-0.05, 0) is 25.2 Å². The van der Waals surface area contributed by atoms with Gasteiger partial charge in [0.1, 0.15) is 0 Å². The van der Waals surface area contributed by atoms with E-state index in [1.165, 1.54) is 4.90 Å². The Morgan fingerprint density at radius 3 is 2.45 bits per heavy atom. The lowest BCUT2D eigenvalue weighted by molar-refractivity contribution is -0.130. The summed E-state index contributed by atoms with van der Waals surface area (Å²) in [6, 6.07) is 5.21. The van der Waals surface area contributed by atoms with Crippen LogP contribution in [0.15, 0.2) is 22.7 Å². The van der Waals surface area contributed by atoms with E-state index < -0.39 is 0 Å². The van der Waals surface area contributed by atoms with E-state index in [-0.39, 0.29) is 24.9 Å². The highest BCUT2D eigenvalue weighted by atomic mass is 79.9. The fourth-order valence-electron chi connectivity index (χ4n) is 1.45. The Morgan fingerprint density at radius 2 is 1.90 bits per heavy atom. The Kier molecular flexibility index (Phi) is 6.45. The molecular weight excluding hydrogens is 346 g/mol. The first-order valence-corrected chi connectivity index (χ1v) is 7.10. The molecule has 0 aliphatic carbocycles. The number of amides is 2. The Morgan fingerprint density at radius 1 is 1.25 bits per heavy atom. The van der Waals surface area contributed by atoms with Crippen LogP contribution < -0.4 is 5.32 Å². The summed E-state index contributed by atoms with van der Waals surface area (Å²) in [6.45, 7) is 0.306. The van der Waals surface area contributed by atoms with Crippen molar-refractivity contribution in [2.75, 3.05) is 39.5 Å². The molecule has 0 aliphatic rings. The van der Waals surface area contributed by atoms with E-state index in [0.29, 0.717) is 10.7 Å². The molecule has 5 nitrogen and oxygen atoms in total. The number of benzene rings is 1. The Labute approximate surface area is 132 Å². The SMILES string of the molecule is CN(CC(=O)Nc1ccc(Br)cc1Cl)CC(=O)N(C)C. The van der Waals surface area contributed by atoms with Crippen molar-refractivity contribution in [3.63, 3.8) is 0 Å². The van der Waals surface area contributed by atoms with Gasteiger partial charge in [-0.15, -0.1) is 0 Å². The van der Waals surface area contributed by atoms with Gasteiger partial charge in [-0.2, -0.15) is 0 Å². The normalized spacial score (nSPS) is 10.5. The quantitative estimate of drug-likeness (QED) is 0.872. The van der Waals surface area contributed by atoms with Gasteiger partial charge in [-0.25, -0.2) is 0 Å². The third-order valence-electron chi connectivity index (χ3n) is 2.52. The van der Waals surface area contributed by atoms with Gasteiger partial charge in [0, 0.05) is 18.6 Å². The van der Waals surface area contributed by atoms with Gasteiger partial charge >= 0.3 is 0 Å². The first-order valence-electron chi connectivity index (χ1n) is 5.93. The van der Waals surface area contributed by atoms with Crippen LogP contribution in [-0.2, 0) is 9.59 Å². The summed E-state index contributed by atoms with van der Waals surface area (Å²) < 4.78 is 0.842. The van der Waals surface area contributed by atoms with E-state index >= 15 is 0 Å². The zero-order chi connectivity index (χ0) is 15.3. The molecule has 1 aromatic carbocycles. The fraction of sp³-hybridized carbons (Fsp3) is 0.385. The van der Waals surface area contributed by atoms with Crippen LogP contribution in [-0.4, -0.2) is 55.8 Å². The summed E-state index contributed by atoms with van der Waals surface area (Å²) in [5.74, 6) is -0.273. The number of hydrogen-bond donors (Lipinski definition) is 1. The summed E-state index contributed by atoms with van der Waals surface area (Å²) >= 11 is 9.31. The summed E-state index contributed by atoms with van der Waals surface area (Å²) in [5, 5.41) is 3.17. The van der Waals surface area contributed by atoms with Crippen molar-refractivity contribution in [1.82, 2.24) is 9.80 Å². The minimum absolute atomic E-state index is 0.0537. The zero-order valence-corrected chi connectivity index (χ0v) is 14.0. The molecule has 1 N–H and O–H groups in total. The number of rotatable bonds is 5. The van der Waals surface area contributed by atoms with Crippen LogP contribution in [0, 0.1) is 0 Å². The van der Waals surface area contributed by atoms with E-state index in [0.717, 1.165) is 4.47 Å². The van der Waals surface area contributed by atoms with Crippen LogP contribution in [0.1, 0.15) is 0 Å². The largest absolute Gasteiger partial charge is 0.348 e. The molecule has 7 heteroatoms. The van der Waals surface area contributed by atoms with Crippen molar-refractivity contribution in [3.05, 3.63) is 27.7 Å². The van der Waals surface area contributed by atoms with Crippen molar-refractivity contribution < 1.29 is 9.59 Å². The summed E-state index contributed by atoms with van der Waals surface area (Å²) in [7, 11) is 5.07. The molecule has 0 saturated heterocycles. The second-order valence-corrected chi connectivity index (χ2v) is 5.96. The van der Waals surface area contributed by atoms with Gasteiger partial charge in [0.25, 0.3) is 0 Å². The van der Waals surface area contributed by atoms with Crippen LogP contribution in [0.3, 0.4) is 0 Å². The second kappa shape index (κ2) is 7.61. The molecule has 0 heterocycles. The molecule has 0 aromatic heterocycles. The van der Waals surface area contributed by atoms with E-state index in [4.69, 9.17) is 11.6 Å². The van der Waals surface area contributed by atoms with Gasteiger partial charge in [-0.1, -0.05) is 27.5 Å². The van der Waals surface area contributed by atoms with Gasteiger partial charge in [0.05, 0.1) is 23.8 Å². The number of halogens is 2. The van der Waals surface area contributed by atoms with E-state index in [9.17, 15) is 9.59 Å². The zero-order valence-electron chi connectivity index (χ0n) is 11.6. The molecule has 0 spiro atoms. The third-order valence-corrected chi connectivity index (χ3v) is 3.33. The third kappa shape index (κ3) is 5.48. The molecule has 2 amide bonds. The van der Waals surface area contributed by atoms with Gasteiger partial charge in [0.2, 0.25) is 11.8 Å². The van der Waals surface area contributed by atoms with Crippen molar-refractivity contribution in [2.45, 2.75) is 0 Å². The highest BCUT2D eigenvalue weighted by Crippen LogP contribution is 2.25. The maximum atomic E-state index is 11.9. The molecule has 1 aromatic rings. The molecule has 20 heavy (non-hydrogen) atoms. The van der Waals surface area contributed by atoms with Gasteiger partial charge < -0.3 is 10.2 Å². The van der Waals surface area contributed by atoms with Crippen molar-refractivity contribution in [3.8, 4) is 0 Å². The number of carbonyl (C=O) groups excluding carboxylic acids is 2. The molecule has 0 bridgehead atoms. The Hall–Kier alpha value is -1.11. The van der Waals surface area contributed by atoms with Crippen molar-refractivity contribution in [1.29, 1.82) is 0 Å². The summed E-state index contributed by atoms with van der Waals surface area (Å²) in [4.78, 5) is 26.5. The maximum Gasteiger partial charge on any atom is 0.238 e. The smallest absolute Gasteiger partial charge is 0.238 e. The van der Waals surface area contributed by atoms with E-state index in [2.05, 4.69) is 21.2 Å². The first-order chi connectivity index (χ1) is 9.29. The minimum Gasteiger partial charge on any atom is -0.348 e. The fourth-order valence-corrected chi connectivity index (χ4v) is 2.17. The lowest BCUT2D eigenvalue weighted by atomic mass is 10.3. The number of hydrogen-bond acceptors (Lipinski definition) is 3. The van der Waals surface area contributed by atoms with Crippen LogP contribution in [0.4, 0.5) is 5.69 Å². The first kappa shape index (κ1) is 16.9. The molecule has 1 rings (SSSR count).